The molecule has 4 rings (SSSR count). The molecule has 0 bridgehead atoms. The van der Waals surface area contributed by atoms with Crippen LogP contribution in [0.5, 0.6) is 0 Å². The molecule has 0 spiro atoms. The van der Waals surface area contributed by atoms with Crippen LogP contribution in [0.1, 0.15) is 47.6 Å². The number of aryl methyl sites for hydroxylation is 1. The van der Waals surface area contributed by atoms with Crippen LogP contribution in [-0.4, -0.2) is 67.3 Å². The van der Waals surface area contributed by atoms with Crippen molar-refractivity contribution in [2.75, 3.05) is 42.9 Å². The molecule has 0 aliphatic heterocycles. The average Bonchev–Trinajstić information content (AvgIpc) is 3.09. The smallest absolute Gasteiger partial charge is 0.411 e. The number of carbonyl (C=O) groups is 3. The molecule has 2 atom stereocenters. The SMILES string of the molecule is COC(C)(COC(O)Nc1cccc(Cc2cccc(NC(=O)OCCCCOC(=O)Nc3cccc(Cc4cccc(C)c4)c3)c2)c1)C(=O)O. The van der Waals surface area contributed by atoms with Crippen LogP contribution in [0.2, 0.25) is 0 Å². The lowest BCUT2D eigenvalue weighted by atomic mass is 10.0. The van der Waals surface area contributed by atoms with Gasteiger partial charge >= 0.3 is 18.2 Å². The van der Waals surface area contributed by atoms with E-state index in [-0.39, 0.29) is 19.8 Å². The molecule has 0 fully saturated rings. The number of hydrogen-bond acceptors (Lipinski definition) is 9. The minimum atomic E-state index is -1.60. The van der Waals surface area contributed by atoms with Gasteiger partial charge in [0.15, 0.2) is 5.60 Å². The van der Waals surface area contributed by atoms with Gasteiger partial charge in [0.05, 0.1) is 19.8 Å². The monoisotopic (exact) mass is 699 g/mol. The van der Waals surface area contributed by atoms with Crippen molar-refractivity contribution in [3.05, 3.63) is 125 Å². The number of aliphatic hydroxyl groups excluding tert-OH is 1. The summed E-state index contributed by atoms with van der Waals surface area (Å²) in [4.78, 5) is 36.0. The Balaban J connectivity index is 1.13. The van der Waals surface area contributed by atoms with Crippen molar-refractivity contribution in [2.45, 2.75) is 51.5 Å². The standard InChI is InChI=1S/C39H45N3O9/c1-27-10-6-11-28(20-27)21-29-12-7-15-32(23-29)40-36(45)49-18-4-5-19-50-37(46)41-33-16-8-13-30(24-33)22-31-14-9-17-34(25-31)42-38(47)51-26-39(2,48-3)35(43)44/h6-17,20,23-25,38,42,47H,4-5,18-19,21-22,26H2,1-3H3,(H,40,45)(H,41,46)(H,43,44). The fraction of sp³-hybridized carbons (Fsp3) is 0.308. The summed E-state index contributed by atoms with van der Waals surface area (Å²) in [7, 11) is 1.26. The van der Waals surface area contributed by atoms with Gasteiger partial charge in [-0.3, -0.25) is 10.6 Å². The maximum Gasteiger partial charge on any atom is 0.411 e. The Morgan fingerprint density at radius 1 is 0.706 bits per heavy atom. The second-order valence-electron chi connectivity index (χ2n) is 12.2. The summed E-state index contributed by atoms with van der Waals surface area (Å²) in [6.07, 6.45) is -0.259. The molecule has 4 aromatic rings. The van der Waals surface area contributed by atoms with E-state index >= 15 is 0 Å². The number of unbranched alkanes of at least 4 members (excludes halogenated alkanes) is 1. The number of anilines is 3. The summed E-state index contributed by atoms with van der Waals surface area (Å²) in [5.41, 5.74) is 5.52. The first kappa shape index (κ1) is 38.4. The zero-order valence-electron chi connectivity index (χ0n) is 29.0. The van der Waals surface area contributed by atoms with Crippen molar-refractivity contribution in [3.63, 3.8) is 0 Å². The van der Waals surface area contributed by atoms with Gasteiger partial charge in [-0.25, -0.2) is 14.4 Å². The number of carboxylic acid groups (broad SMARTS) is 1. The lowest BCUT2D eigenvalue weighted by Crippen LogP contribution is -2.44. The molecule has 0 aromatic heterocycles. The lowest BCUT2D eigenvalue weighted by Gasteiger charge is -2.25. The Morgan fingerprint density at radius 3 is 1.63 bits per heavy atom. The van der Waals surface area contributed by atoms with Crippen molar-refractivity contribution in [1.29, 1.82) is 0 Å². The number of amides is 2. The zero-order chi connectivity index (χ0) is 36.6. The number of carbonyl (C=O) groups excluding carboxylic acids is 2. The highest BCUT2D eigenvalue weighted by atomic mass is 16.6. The summed E-state index contributed by atoms with van der Waals surface area (Å²) in [5.74, 6) is -1.21. The summed E-state index contributed by atoms with van der Waals surface area (Å²) in [6, 6.07) is 30.6. The van der Waals surface area contributed by atoms with Gasteiger partial charge < -0.3 is 34.5 Å². The molecule has 12 heteroatoms. The van der Waals surface area contributed by atoms with Gasteiger partial charge in [0.1, 0.15) is 0 Å². The maximum atomic E-state index is 12.4. The van der Waals surface area contributed by atoms with E-state index in [1.807, 2.05) is 66.7 Å². The fourth-order valence-electron chi connectivity index (χ4n) is 5.05. The summed E-state index contributed by atoms with van der Waals surface area (Å²) >= 11 is 0. The molecule has 4 aromatic carbocycles. The largest absolute Gasteiger partial charge is 0.479 e. The molecule has 12 nitrogen and oxygen atoms in total. The van der Waals surface area contributed by atoms with Crippen molar-refractivity contribution in [2.24, 2.45) is 0 Å². The number of ether oxygens (including phenoxy) is 4. The second-order valence-corrected chi connectivity index (χ2v) is 12.2. The van der Waals surface area contributed by atoms with E-state index in [9.17, 15) is 24.6 Å². The Hall–Kier alpha value is -5.43. The molecule has 0 aliphatic carbocycles. The third-order valence-corrected chi connectivity index (χ3v) is 7.89. The van der Waals surface area contributed by atoms with Gasteiger partial charge in [0, 0.05) is 24.2 Å². The number of methoxy groups -OCH3 is 1. The quantitative estimate of drug-likeness (QED) is 0.0542. The summed E-state index contributed by atoms with van der Waals surface area (Å²) in [6.45, 7) is 3.39. The Morgan fingerprint density at radius 2 is 1.16 bits per heavy atom. The lowest BCUT2D eigenvalue weighted by molar-refractivity contribution is -0.179. The molecule has 0 aliphatic rings. The number of benzene rings is 4. The van der Waals surface area contributed by atoms with Crippen LogP contribution in [0, 0.1) is 6.92 Å². The van der Waals surface area contributed by atoms with Crippen LogP contribution in [0.4, 0.5) is 26.7 Å². The van der Waals surface area contributed by atoms with E-state index in [0.717, 1.165) is 23.1 Å². The van der Waals surface area contributed by atoms with E-state index in [2.05, 4.69) is 41.1 Å². The van der Waals surface area contributed by atoms with Crippen LogP contribution in [0.3, 0.4) is 0 Å². The predicted molar refractivity (Wildman–Crippen MR) is 194 cm³/mol. The molecule has 0 saturated carbocycles. The first-order valence-electron chi connectivity index (χ1n) is 16.6. The molecule has 2 unspecified atom stereocenters. The molecule has 0 saturated heterocycles. The van der Waals surface area contributed by atoms with E-state index < -0.39 is 30.2 Å². The second kappa shape index (κ2) is 19.1. The minimum Gasteiger partial charge on any atom is -0.479 e. The highest BCUT2D eigenvalue weighted by Crippen LogP contribution is 2.20. The van der Waals surface area contributed by atoms with Gasteiger partial charge in [-0.15, -0.1) is 0 Å². The molecular weight excluding hydrogens is 654 g/mol. The van der Waals surface area contributed by atoms with E-state index in [1.54, 1.807) is 12.1 Å². The Kier molecular flexibility index (Phi) is 14.4. The molecule has 270 valence electrons. The van der Waals surface area contributed by atoms with Gasteiger partial charge in [-0.05, 0) is 98.2 Å². The minimum absolute atomic E-state index is 0.161. The van der Waals surface area contributed by atoms with Crippen molar-refractivity contribution in [3.8, 4) is 0 Å². The van der Waals surface area contributed by atoms with Gasteiger partial charge in [-0.1, -0.05) is 66.2 Å². The topological polar surface area (TPSA) is 165 Å². The molecular formula is C39H45N3O9. The normalized spacial score (nSPS) is 12.6. The average molecular weight is 700 g/mol. The third-order valence-electron chi connectivity index (χ3n) is 7.89. The van der Waals surface area contributed by atoms with Crippen molar-refractivity contribution in [1.82, 2.24) is 0 Å². The first-order chi connectivity index (χ1) is 24.5. The first-order valence-corrected chi connectivity index (χ1v) is 16.6. The summed E-state index contributed by atoms with van der Waals surface area (Å²) < 4.78 is 20.8. The molecule has 2 amide bonds. The third kappa shape index (κ3) is 13.1. The maximum absolute atomic E-state index is 12.4. The number of carboxylic acids is 1. The van der Waals surface area contributed by atoms with E-state index in [1.165, 1.54) is 25.2 Å². The zero-order valence-corrected chi connectivity index (χ0v) is 29.0. The number of rotatable bonds is 18. The van der Waals surface area contributed by atoms with Gasteiger partial charge in [-0.2, -0.15) is 0 Å². The Bertz CT molecular complexity index is 1770. The van der Waals surface area contributed by atoms with Crippen LogP contribution in [0.15, 0.2) is 97.1 Å². The van der Waals surface area contributed by atoms with Crippen LogP contribution in [-0.2, 0) is 36.6 Å². The number of nitrogens with one attached hydrogen (secondary N) is 3. The number of hydrogen-bond donors (Lipinski definition) is 5. The van der Waals surface area contributed by atoms with E-state index in [0.29, 0.717) is 36.3 Å². The van der Waals surface area contributed by atoms with Crippen molar-refractivity contribution >= 4 is 35.2 Å². The predicted octanol–water partition coefficient (Wildman–Crippen LogP) is 6.95. The molecule has 0 radical (unpaired) electrons. The summed E-state index contributed by atoms with van der Waals surface area (Å²) in [5, 5.41) is 27.8. The number of aliphatic hydroxyl groups is 1. The van der Waals surface area contributed by atoms with Crippen LogP contribution < -0.4 is 16.0 Å². The highest BCUT2D eigenvalue weighted by molar-refractivity contribution is 5.85. The van der Waals surface area contributed by atoms with Crippen molar-refractivity contribution < 1.29 is 43.5 Å². The van der Waals surface area contributed by atoms with Gasteiger partial charge in [0.2, 0.25) is 6.41 Å². The fourth-order valence-corrected chi connectivity index (χ4v) is 5.05. The van der Waals surface area contributed by atoms with Crippen LogP contribution >= 0.6 is 0 Å². The molecule has 5 N–H and O–H groups in total. The molecule has 0 heterocycles. The Labute approximate surface area is 297 Å². The molecule has 51 heavy (non-hydrogen) atoms. The van der Waals surface area contributed by atoms with Gasteiger partial charge in [0.25, 0.3) is 0 Å². The van der Waals surface area contributed by atoms with Crippen LogP contribution in [0.25, 0.3) is 0 Å². The number of aliphatic carboxylic acids is 1. The van der Waals surface area contributed by atoms with E-state index in [4.69, 9.17) is 18.9 Å². The highest BCUT2D eigenvalue weighted by Gasteiger charge is 2.34.